The van der Waals surface area contributed by atoms with Gasteiger partial charge in [-0.05, 0) is 51.4 Å². The van der Waals surface area contributed by atoms with Gasteiger partial charge in [-0.15, -0.1) is 0 Å². The molecule has 142 valence electrons. The number of rotatable bonds is 15. The maximum absolute atomic E-state index is 11.7. The lowest BCUT2D eigenvalue weighted by Gasteiger charge is -2.13. The van der Waals surface area contributed by atoms with Gasteiger partial charge in [-0.25, -0.2) is 0 Å². The Labute approximate surface area is 148 Å². The van der Waals surface area contributed by atoms with E-state index < -0.39 is 0 Å². The van der Waals surface area contributed by atoms with Crippen LogP contribution in [0, 0.1) is 5.92 Å². The normalized spacial score (nSPS) is 12.2. The molecule has 0 spiro atoms. The van der Waals surface area contributed by atoms with Gasteiger partial charge in [0.25, 0.3) is 0 Å². The van der Waals surface area contributed by atoms with Crippen LogP contribution in [0.4, 0.5) is 0 Å². The Balaban J connectivity index is 3.51. The molecule has 0 heterocycles. The number of carbonyl (C=O) groups excluding carboxylic acids is 2. The van der Waals surface area contributed by atoms with Crippen LogP contribution < -0.4 is 0 Å². The largest absolute Gasteiger partial charge is 0.466 e. The van der Waals surface area contributed by atoms with E-state index in [1.807, 2.05) is 6.92 Å². The lowest BCUT2D eigenvalue weighted by Crippen LogP contribution is -2.14. The van der Waals surface area contributed by atoms with E-state index in [-0.39, 0.29) is 18.0 Å². The van der Waals surface area contributed by atoms with E-state index in [1.165, 1.54) is 19.3 Å². The maximum atomic E-state index is 11.7. The van der Waals surface area contributed by atoms with Crippen LogP contribution in [0.1, 0.15) is 98.3 Å². The van der Waals surface area contributed by atoms with Crippen molar-refractivity contribution >= 4 is 11.9 Å². The molecule has 1 atom stereocenters. The van der Waals surface area contributed by atoms with Gasteiger partial charge in [-0.1, -0.05) is 40.0 Å². The Morgan fingerprint density at radius 1 is 0.792 bits per heavy atom. The molecule has 0 radical (unpaired) electrons. The molecule has 0 aliphatic heterocycles. The van der Waals surface area contributed by atoms with E-state index in [9.17, 15) is 9.59 Å². The first-order valence-electron chi connectivity index (χ1n) is 9.80. The molecule has 0 aromatic carbocycles. The van der Waals surface area contributed by atoms with Gasteiger partial charge in [0, 0.05) is 12.8 Å². The SMILES string of the molecule is CCCCCCC(C)OC(=O)CCCCC(=O)OCCCC(C)C. The first-order chi connectivity index (χ1) is 11.5. The van der Waals surface area contributed by atoms with E-state index in [1.54, 1.807) is 0 Å². The van der Waals surface area contributed by atoms with Crippen LogP contribution in [0.3, 0.4) is 0 Å². The minimum absolute atomic E-state index is 0.000258. The Kier molecular flexibility index (Phi) is 14.8. The fourth-order valence-corrected chi connectivity index (χ4v) is 2.49. The summed E-state index contributed by atoms with van der Waals surface area (Å²) in [4.78, 5) is 23.3. The molecule has 4 nitrogen and oxygen atoms in total. The Morgan fingerprint density at radius 2 is 1.46 bits per heavy atom. The molecule has 0 fully saturated rings. The highest BCUT2D eigenvalue weighted by Crippen LogP contribution is 2.10. The van der Waals surface area contributed by atoms with Gasteiger partial charge >= 0.3 is 11.9 Å². The molecular formula is C20H38O4. The van der Waals surface area contributed by atoms with Crippen LogP contribution in [0.25, 0.3) is 0 Å². The topological polar surface area (TPSA) is 52.6 Å². The summed E-state index contributed by atoms with van der Waals surface area (Å²) in [6, 6.07) is 0. The molecule has 0 amide bonds. The number of esters is 2. The van der Waals surface area contributed by atoms with Crippen LogP contribution in [0.2, 0.25) is 0 Å². The highest BCUT2D eigenvalue weighted by molar-refractivity contribution is 5.70. The lowest BCUT2D eigenvalue weighted by molar-refractivity contribution is -0.149. The molecule has 0 saturated heterocycles. The van der Waals surface area contributed by atoms with Crippen LogP contribution in [0.5, 0.6) is 0 Å². The molecule has 4 heteroatoms. The maximum Gasteiger partial charge on any atom is 0.306 e. The summed E-state index contributed by atoms with van der Waals surface area (Å²) >= 11 is 0. The van der Waals surface area contributed by atoms with E-state index in [0.717, 1.165) is 25.7 Å². The van der Waals surface area contributed by atoms with Crippen molar-refractivity contribution in [3.63, 3.8) is 0 Å². The lowest BCUT2D eigenvalue weighted by atomic mass is 10.1. The fraction of sp³-hybridized carbons (Fsp3) is 0.900. The summed E-state index contributed by atoms with van der Waals surface area (Å²) in [5.74, 6) is 0.337. The molecule has 1 unspecified atom stereocenters. The summed E-state index contributed by atoms with van der Waals surface area (Å²) in [7, 11) is 0. The predicted molar refractivity (Wildman–Crippen MR) is 97.8 cm³/mol. The van der Waals surface area contributed by atoms with E-state index >= 15 is 0 Å². The number of hydrogen-bond donors (Lipinski definition) is 0. The zero-order chi connectivity index (χ0) is 18.2. The Bertz CT molecular complexity index is 326. The number of hydrogen-bond acceptors (Lipinski definition) is 4. The highest BCUT2D eigenvalue weighted by Gasteiger charge is 2.10. The molecule has 0 bridgehead atoms. The Morgan fingerprint density at radius 3 is 2.08 bits per heavy atom. The number of carbonyl (C=O) groups is 2. The van der Waals surface area contributed by atoms with Crippen molar-refractivity contribution in [2.45, 2.75) is 104 Å². The van der Waals surface area contributed by atoms with Crippen molar-refractivity contribution in [2.24, 2.45) is 5.92 Å². The molecule has 0 N–H and O–H groups in total. The van der Waals surface area contributed by atoms with Crippen LogP contribution >= 0.6 is 0 Å². The van der Waals surface area contributed by atoms with Gasteiger partial charge in [0.1, 0.15) is 0 Å². The predicted octanol–water partition coefficient (Wildman–Crippen LogP) is 5.43. The van der Waals surface area contributed by atoms with Crippen molar-refractivity contribution in [3.8, 4) is 0 Å². The quantitative estimate of drug-likeness (QED) is 0.294. The van der Waals surface area contributed by atoms with E-state index in [2.05, 4.69) is 20.8 Å². The highest BCUT2D eigenvalue weighted by atomic mass is 16.5. The van der Waals surface area contributed by atoms with Crippen LogP contribution in [0.15, 0.2) is 0 Å². The number of unbranched alkanes of at least 4 members (excludes halogenated alkanes) is 4. The second-order valence-electron chi connectivity index (χ2n) is 7.11. The van der Waals surface area contributed by atoms with Crippen molar-refractivity contribution < 1.29 is 19.1 Å². The van der Waals surface area contributed by atoms with Crippen molar-refractivity contribution in [2.75, 3.05) is 6.61 Å². The van der Waals surface area contributed by atoms with Crippen molar-refractivity contribution in [1.29, 1.82) is 0 Å². The summed E-state index contributed by atoms with van der Waals surface area (Å²) < 4.78 is 10.6. The molecule has 0 aromatic rings. The van der Waals surface area contributed by atoms with Gasteiger partial charge in [-0.3, -0.25) is 9.59 Å². The van der Waals surface area contributed by atoms with Gasteiger partial charge in [-0.2, -0.15) is 0 Å². The third-order valence-electron chi connectivity index (χ3n) is 4.00. The minimum atomic E-state index is -0.156. The third-order valence-corrected chi connectivity index (χ3v) is 4.00. The van der Waals surface area contributed by atoms with Gasteiger partial charge in [0.2, 0.25) is 0 Å². The average Bonchev–Trinajstić information content (AvgIpc) is 2.52. The second kappa shape index (κ2) is 15.5. The summed E-state index contributed by atoms with van der Waals surface area (Å²) in [5.41, 5.74) is 0. The molecule has 0 aliphatic rings. The van der Waals surface area contributed by atoms with Crippen LogP contribution in [-0.2, 0) is 19.1 Å². The van der Waals surface area contributed by atoms with Crippen LogP contribution in [-0.4, -0.2) is 24.6 Å². The van der Waals surface area contributed by atoms with Gasteiger partial charge in [0.05, 0.1) is 12.7 Å². The van der Waals surface area contributed by atoms with Gasteiger partial charge < -0.3 is 9.47 Å². The number of ether oxygens (including phenoxy) is 2. The molecule has 0 aliphatic carbocycles. The second-order valence-corrected chi connectivity index (χ2v) is 7.11. The summed E-state index contributed by atoms with van der Waals surface area (Å²) in [5, 5.41) is 0. The third kappa shape index (κ3) is 15.8. The van der Waals surface area contributed by atoms with E-state index in [0.29, 0.717) is 38.2 Å². The van der Waals surface area contributed by atoms with E-state index in [4.69, 9.17) is 9.47 Å². The molecule has 0 aromatic heterocycles. The zero-order valence-electron chi connectivity index (χ0n) is 16.3. The monoisotopic (exact) mass is 342 g/mol. The smallest absolute Gasteiger partial charge is 0.306 e. The molecule has 0 saturated carbocycles. The average molecular weight is 343 g/mol. The van der Waals surface area contributed by atoms with Crippen molar-refractivity contribution in [1.82, 2.24) is 0 Å². The molecular weight excluding hydrogens is 304 g/mol. The molecule has 24 heavy (non-hydrogen) atoms. The Hall–Kier alpha value is -1.06. The fourth-order valence-electron chi connectivity index (χ4n) is 2.49. The summed E-state index contributed by atoms with van der Waals surface area (Å²) in [6.45, 7) is 8.97. The summed E-state index contributed by atoms with van der Waals surface area (Å²) in [6.07, 6.45) is 9.87. The van der Waals surface area contributed by atoms with Gasteiger partial charge in [0.15, 0.2) is 0 Å². The van der Waals surface area contributed by atoms with Crippen molar-refractivity contribution in [3.05, 3.63) is 0 Å². The zero-order valence-corrected chi connectivity index (χ0v) is 16.3. The minimum Gasteiger partial charge on any atom is -0.466 e. The molecule has 0 rings (SSSR count). The standard InChI is InChI=1S/C20H38O4/c1-5-6-7-8-13-18(4)24-20(22)15-10-9-14-19(21)23-16-11-12-17(2)3/h17-18H,5-16H2,1-4H3. The first-order valence-corrected chi connectivity index (χ1v) is 9.80. The first kappa shape index (κ1) is 22.9.